The number of aromatic nitrogens is 2. The fraction of sp³-hybridized carbons (Fsp3) is 0.500. The number of hydrogen-bond donors (Lipinski definition) is 2. The van der Waals surface area contributed by atoms with Gasteiger partial charge < -0.3 is 15.3 Å². The van der Waals surface area contributed by atoms with Crippen LogP contribution in [0.4, 0.5) is 6.01 Å². The Labute approximate surface area is 51.5 Å². The molecule has 3 N–H and O–H groups in total. The van der Waals surface area contributed by atoms with E-state index in [2.05, 4.69) is 14.6 Å². The molecule has 0 radical (unpaired) electrons. The van der Waals surface area contributed by atoms with Gasteiger partial charge >= 0.3 is 6.01 Å². The molecular formula is C4H7N3O2. The Hall–Kier alpha value is -1.10. The molecular weight excluding hydrogens is 122 g/mol. The number of aliphatic hydroxyl groups excluding tert-OH is 1. The van der Waals surface area contributed by atoms with Crippen molar-refractivity contribution in [2.45, 2.75) is 13.0 Å². The van der Waals surface area contributed by atoms with Gasteiger partial charge in [0.1, 0.15) is 6.10 Å². The minimum atomic E-state index is -0.741. The van der Waals surface area contributed by atoms with Crippen LogP contribution in [0.25, 0.3) is 0 Å². The molecule has 1 atom stereocenters. The molecule has 5 heteroatoms. The summed E-state index contributed by atoms with van der Waals surface area (Å²) >= 11 is 0. The molecule has 0 aliphatic heterocycles. The van der Waals surface area contributed by atoms with E-state index in [0.717, 1.165) is 0 Å². The van der Waals surface area contributed by atoms with Crippen molar-refractivity contribution in [3.63, 3.8) is 0 Å². The average Bonchev–Trinajstić information content (AvgIpc) is 2.14. The lowest BCUT2D eigenvalue weighted by Crippen LogP contribution is -1.89. The Bertz CT molecular complexity index is 195. The first-order valence-electron chi connectivity index (χ1n) is 2.47. The lowest BCUT2D eigenvalue weighted by Gasteiger charge is -1.91. The van der Waals surface area contributed by atoms with Crippen molar-refractivity contribution in [3.05, 3.63) is 5.89 Å². The maximum absolute atomic E-state index is 8.79. The fourth-order valence-corrected chi connectivity index (χ4v) is 0.415. The van der Waals surface area contributed by atoms with Gasteiger partial charge in [-0.05, 0) is 6.92 Å². The third-order valence-corrected chi connectivity index (χ3v) is 0.814. The largest absolute Gasteiger partial charge is 0.405 e. The molecule has 0 saturated heterocycles. The summed E-state index contributed by atoms with van der Waals surface area (Å²) in [6, 6.07) is -0.0223. The van der Waals surface area contributed by atoms with Crippen LogP contribution in [0.5, 0.6) is 0 Å². The predicted octanol–water partition coefficient (Wildman–Crippen LogP) is -0.295. The molecule has 0 aliphatic carbocycles. The summed E-state index contributed by atoms with van der Waals surface area (Å²) < 4.78 is 4.65. The Kier molecular flexibility index (Phi) is 1.35. The van der Waals surface area contributed by atoms with Crippen LogP contribution in [-0.2, 0) is 0 Å². The van der Waals surface area contributed by atoms with Crippen molar-refractivity contribution in [2.24, 2.45) is 0 Å². The highest BCUT2D eigenvalue weighted by Crippen LogP contribution is 2.09. The third kappa shape index (κ3) is 1.17. The Balaban J connectivity index is 2.85. The van der Waals surface area contributed by atoms with Crippen LogP contribution in [0.3, 0.4) is 0 Å². The van der Waals surface area contributed by atoms with E-state index in [4.69, 9.17) is 10.8 Å². The molecule has 1 rings (SSSR count). The standard InChI is InChI=1S/C4H7N3O2/c1-2(8)3-6-7-4(5)9-3/h2,8H,1H3,(H2,5,7). The lowest BCUT2D eigenvalue weighted by molar-refractivity contribution is 0.164. The smallest absolute Gasteiger partial charge is 0.312 e. The van der Waals surface area contributed by atoms with Gasteiger partial charge in [0.05, 0.1) is 0 Å². The summed E-state index contributed by atoms with van der Waals surface area (Å²) in [4.78, 5) is 0. The second-order valence-electron chi connectivity index (χ2n) is 1.65. The normalized spacial score (nSPS) is 13.6. The van der Waals surface area contributed by atoms with Crippen molar-refractivity contribution in [2.75, 3.05) is 5.73 Å². The van der Waals surface area contributed by atoms with Gasteiger partial charge in [-0.2, -0.15) is 0 Å². The molecule has 1 unspecified atom stereocenters. The number of anilines is 1. The molecule has 0 aromatic carbocycles. The number of nitrogens with two attached hydrogens (primary N) is 1. The monoisotopic (exact) mass is 129 g/mol. The predicted molar refractivity (Wildman–Crippen MR) is 29.3 cm³/mol. The van der Waals surface area contributed by atoms with E-state index in [1.807, 2.05) is 0 Å². The number of rotatable bonds is 1. The maximum atomic E-state index is 8.79. The molecule has 0 bridgehead atoms. The summed E-state index contributed by atoms with van der Waals surface area (Å²) in [5, 5.41) is 15.5. The van der Waals surface area contributed by atoms with Gasteiger partial charge in [0, 0.05) is 0 Å². The highest BCUT2D eigenvalue weighted by molar-refractivity contribution is 5.05. The van der Waals surface area contributed by atoms with E-state index in [0.29, 0.717) is 0 Å². The first-order valence-corrected chi connectivity index (χ1v) is 2.47. The van der Waals surface area contributed by atoms with Crippen LogP contribution in [0.15, 0.2) is 4.42 Å². The second kappa shape index (κ2) is 2.02. The highest BCUT2D eigenvalue weighted by Gasteiger charge is 2.07. The van der Waals surface area contributed by atoms with E-state index in [9.17, 15) is 0 Å². The van der Waals surface area contributed by atoms with Gasteiger partial charge in [-0.25, -0.2) is 0 Å². The van der Waals surface area contributed by atoms with E-state index >= 15 is 0 Å². The van der Waals surface area contributed by atoms with Crippen LogP contribution in [-0.4, -0.2) is 15.3 Å². The second-order valence-corrected chi connectivity index (χ2v) is 1.65. The van der Waals surface area contributed by atoms with Gasteiger partial charge in [0.2, 0.25) is 5.89 Å². The Morgan fingerprint density at radius 1 is 1.67 bits per heavy atom. The summed E-state index contributed by atoms with van der Waals surface area (Å²) in [6.45, 7) is 1.52. The molecule has 1 aromatic rings. The summed E-state index contributed by atoms with van der Waals surface area (Å²) in [6.07, 6.45) is -0.741. The van der Waals surface area contributed by atoms with Gasteiger partial charge in [-0.15, -0.1) is 5.10 Å². The molecule has 9 heavy (non-hydrogen) atoms. The zero-order valence-corrected chi connectivity index (χ0v) is 4.90. The Morgan fingerprint density at radius 2 is 2.33 bits per heavy atom. The minimum absolute atomic E-state index is 0.0223. The van der Waals surface area contributed by atoms with E-state index in [1.165, 1.54) is 6.92 Å². The van der Waals surface area contributed by atoms with Crippen LogP contribution in [0.2, 0.25) is 0 Å². The molecule has 1 heterocycles. The van der Waals surface area contributed by atoms with Crippen molar-refractivity contribution < 1.29 is 9.52 Å². The van der Waals surface area contributed by atoms with Crippen LogP contribution < -0.4 is 5.73 Å². The van der Waals surface area contributed by atoms with Crippen LogP contribution in [0, 0.1) is 0 Å². The van der Waals surface area contributed by atoms with Crippen molar-refractivity contribution in [1.82, 2.24) is 10.2 Å². The molecule has 0 aliphatic rings. The van der Waals surface area contributed by atoms with Crippen LogP contribution >= 0.6 is 0 Å². The van der Waals surface area contributed by atoms with Crippen molar-refractivity contribution in [3.8, 4) is 0 Å². The van der Waals surface area contributed by atoms with Gasteiger partial charge in [-0.3, -0.25) is 0 Å². The summed E-state index contributed by atoms with van der Waals surface area (Å²) in [5.41, 5.74) is 5.06. The molecule has 0 spiro atoms. The Morgan fingerprint density at radius 3 is 2.56 bits per heavy atom. The average molecular weight is 129 g/mol. The minimum Gasteiger partial charge on any atom is -0.405 e. The van der Waals surface area contributed by atoms with Gasteiger partial charge in [0.25, 0.3) is 0 Å². The molecule has 50 valence electrons. The molecule has 0 amide bonds. The first kappa shape index (κ1) is 6.03. The third-order valence-electron chi connectivity index (χ3n) is 0.814. The number of hydrogen-bond acceptors (Lipinski definition) is 5. The zero-order valence-electron chi connectivity index (χ0n) is 4.90. The maximum Gasteiger partial charge on any atom is 0.312 e. The van der Waals surface area contributed by atoms with Gasteiger partial charge in [0.15, 0.2) is 0 Å². The van der Waals surface area contributed by atoms with E-state index in [1.54, 1.807) is 0 Å². The molecule has 5 nitrogen and oxygen atoms in total. The number of aliphatic hydroxyl groups is 1. The molecule has 0 fully saturated rings. The van der Waals surface area contributed by atoms with E-state index in [-0.39, 0.29) is 11.9 Å². The fourth-order valence-electron chi connectivity index (χ4n) is 0.415. The highest BCUT2D eigenvalue weighted by atomic mass is 16.4. The quantitative estimate of drug-likeness (QED) is 0.544. The first-order chi connectivity index (χ1) is 4.20. The van der Waals surface area contributed by atoms with Gasteiger partial charge in [-0.1, -0.05) is 5.10 Å². The molecule has 0 saturated carbocycles. The van der Waals surface area contributed by atoms with Crippen molar-refractivity contribution >= 4 is 6.01 Å². The topological polar surface area (TPSA) is 85.2 Å². The summed E-state index contributed by atoms with van der Waals surface area (Å²) in [5.74, 6) is 0.146. The summed E-state index contributed by atoms with van der Waals surface area (Å²) in [7, 11) is 0. The van der Waals surface area contributed by atoms with E-state index < -0.39 is 6.10 Å². The SMILES string of the molecule is CC(O)c1nnc(N)o1. The molecule has 1 aromatic heterocycles. The lowest BCUT2D eigenvalue weighted by atomic mass is 10.4. The zero-order chi connectivity index (χ0) is 6.85. The number of nitrogens with zero attached hydrogens (tertiary/aromatic N) is 2. The van der Waals surface area contributed by atoms with Crippen LogP contribution in [0.1, 0.15) is 18.9 Å². The van der Waals surface area contributed by atoms with Crippen molar-refractivity contribution in [1.29, 1.82) is 0 Å². The number of nitrogen functional groups attached to an aromatic ring is 1.